The van der Waals surface area contributed by atoms with E-state index in [1.54, 1.807) is 22.9 Å². The molecule has 0 atom stereocenters. The van der Waals surface area contributed by atoms with Gasteiger partial charge in [-0.15, -0.1) is 0 Å². The average molecular weight is 353 g/mol. The molecule has 4 rings (SSSR count). The van der Waals surface area contributed by atoms with E-state index < -0.39 is 5.82 Å². The molecule has 1 amide bonds. The Bertz CT molecular complexity index is 993. The number of amides is 1. The maximum Gasteiger partial charge on any atom is 0.221 e. The van der Waals surface area contributed by atoms with Crippen molar-refractivity contribution in [3.63, 3.8) is 0 Å². The third-order valence-corrected chi connectivity index (χ3v) is 4.19. The minimum absolute atomic E-state index is 0.0781. The summed E-state index contributed by atoms with van der Waals surface area (Å²) in [6.07, 6.45) is 0. The minimum Gasteiger partial charge on any atom is -0.507 e. The van der Waals surface area contributed by atoms with Crippen LogP contribution in [-0.4, -0.2) is 20.8 Å². The van der Waals surface area contributed by atoms with Crippen molar-refractivity contribution in [2.24, 2.45) is 0 Å². The van der Waals surface area contributed by atoms with E-state index in [1.165, 1.54) is 25.1 Å². The number of phenols is 1. The molecule has 0 saturated heterocycles. The zero-order chi connectivity index (χ0) is 18.3. The lowest BCUT2D eigenvalue weighted by Crippen LogP contribution is -2.06. The van der Waals surface area contributed by atoms with Gasteiger partial charge in [-0.25, -0.2) is 4.39 Å². The number of halogens is 1. The Morgan fingerprint density at radius 1 is 1.31 bits per heavy atom. The van der Waals surface area contributed by atoms with Crippen LogP contribution < -0.4 is 10.1 Å². The number of benzene rings is 2. The molecule has 2 aromatic carbocycles. The fourth-order valence-electron chi connectivity index (χ4n) is 3.01. The number of aromatic hydroxyl groups is 1. The number of rotatable bonds is 2. The maximum absolute atomic E-state index is 14.1. The molecule has 2 N–H and O–H groups in total. The zero-order valence-corrected chi connectivity index (χ0v) is 14.0. The van der Waals surface area contributed by atoms with E-state index in [0.29, 0.717) is 23.7 Å². The van der Waals surface area contributed by atoms with Crippen molar-refractivity contribution >= 4 is 11.6 Å². The lowest BCUT2D eigenvalue weighted by atomic mass is 10.1. The van der Waals surface area contributed by atoms with Crippen LogP contribution in [0.5, 0.6) is 11.5 Å². The first kappa shape index (κ1) is 16.1. The highest BCUT2D eigenvalue weighted by molar-refractivity contribution is 5.88. The van der Waals surface area contributed by atoms with Crippen LogP contribution in [0, 0.1) is 5.82 Å². The van der Waals surface area contributed by atoms with E-state index in [1.807, 2.05) is 6.07 Å². The molecule has 0 aliphatic carbocycles. The van der Waals surface area contributed by atoms with Crippen molar-refractivity contribution in [2.45, 2.75) is 20.1 Å². The van der Waals surface area contributed by atoms with Crippen LogP contribution in [0.15, 0.2) is 42.5 Å². The number of phenolic OH excluding ortho intramolecular Hbond substituents is 1. The third kappa shape index (κ3) is 2.88. The van der Waals surface area contributed by atoms with Crippen molar-refractivity contribution in [1.82, 2.24) is 9.78 Å². The Labute approximate surface area is 148 Å². The highest BCUT2D eigenvalue weighted by atomic mass is 19.1. The molecule has 1 aromatic heterocycles. The summed E-state index contributed by atoms with van der Waals surface area (Å²) >= 11 is 0. The monoisotopic (exact) mass is 353 g/mol. The second kappa shape index (κ2) is 6.18. The number of hydrogen-bond donors (Lipinski definition) is 2. The van der Waals surface area contributed by atoms with Crippen LogP contribution in [0.2, 0.25) is 0 Å². The first-order chi connectivity index (χ1) is 12.5. The number of carbonyl (C=O) groups is 1. The highest BCUT2D eigenvalue weighted by Gasteiger charge is 2.20. The third-order valence-electron chi connectivity index (χ3n) is 4.19. The predicted molar refractivity (Wildman–Crippen MR) is 93.5 cm³/mol. The summed E-state index contributed by atoms with van der Waals surface area (Å²) in [5, 5.41) is 17.1. The summed E-state index contributed by atoms with van der Waals surface area (Å²) in [6, 6.07) is 11.3. The van der Waals surface area contributed by atoms with Gasteiger partial charge in [0, 0.05) is 24.2 Å². The van der Waals surface area contributed by atoms with Gasteiger partial charge in [0.1, 0.15) is 23.9 Å². The number of nitrogens with one attached hydrogen (secondary N) is 1. The lowest BCUT2D eigenvalue weighted by molar-refractivity contribution is -0.114. The van der Waals surface area contributed by atoms with Crippen molar-refractivity contribution in [1.29, 1.82) is 0 Å². The number of hydrogen-bond acceptors (Lipinski definition) is 4. The van der Waals surface area contributed by atoms with Crippen molar-refractivity contribution in [2.75, 3.05) is 5.32 Å². The van der Waals surface area contributed by atoms with Crippen LogP contribution in [0.3, 0.4) is 0 Å². The van der Waals surface area contributed by atoms with Gasteiger partial charge in [-0.3, -0.25) is 9.48 Å². The molecule has 1 aliphatic rings. The molecular formula is C19H16FN3O3. The molecule has 132 valence electrons. The van der Waals surface area contributed by atoms with E-state index in [2.05, 4.69) is 10.4 Å². The summed E-state index contributed by atoms with van der Waals surface area (Å²) in [7, 11) is 0. The first-order valence-corrected chi connectivity index (χ1v) is 8.09. The smallest absolute Gasteiger partial charge is 0.221 e. The van der Waals surface area contributed by atoms with Gasteiger partial charge in [0.25, 0.3) is 0 Å². The number of nitrogens with zero attached hydrogens (tertiary/aromatic N) is 2. The molecule has 3 aromatic rings. The van der Waals surface area contributed by atoms with Crippen LogP contribution >= 0.6 is 0 Å². The molecule has 6 nitrogen and oxygen atoms in total. The Kier molecular flexibility index (Phi) is 3.84. The van der Waals surface area contributed by atoms with E-state index in [4.69, 9.17) is 4.74 Å². The Balaban J connectivity index is 1.69. The molecule has 26 heavy (non-hydrogen) atoms. The lowest BCUT2D eigenvalue weighted by Gasteiger charge is -2.09. The number of fused-ring (bicyclic) bond motifs is 2. The first-order valence-electron chi connectivity index (χ1n) is 8.09. The quantitative estimate of drug-likeness (QED) is 0.741. The van der Waals surface area contributed by atoms with Gasteiger partial charge in [-0.2, -0.15) is 5.10 Å². The zero-order valence-electron chi connectivity index (χ0n) is 14.0. The molecule has 1 aliphatic heterocycles. The SMILES string of the molecule is CC(=O)Nc1ccc2c(c1)OCc1cc(-c3c(O)cccc3F)nn1C2. The van der Waals surface area contributed by atoms with Gasteiger partial charge in [-0.05, 0) is 24.3 Å². The molecule has 0 saturated carbocycles. The summed E-state index contributed by atoms with van der Waals surface area (Å²) in [4.78, 5) is 11.2. The Hall–Kier alpha value is -3.35. The standard InChI is InChI=1S/C19H16FN3O3/c1-11(24)21-13-6-5-12-9-23-14(10-26-18(12)7-13)8-16(22-23)19-15(20)3-2-4-17(19)25/h2-8,25H,9-10H2,1H3,(H,21,24). The average Bonchev–Trinajstić information content (AvgIpc) is 2.88. The molecule has 0 unspecified atom stereocenters. The van der Waals surface area contributed by atoms with E-state index in [9.17, 15) is 14.3 Å². The number of ether oxygens (including phenoxy) is 1. The maximum atomic E-state index is 14.1. The second-order valence-corrected chi connectivity index (χ2v) is 6.10. The fourth-order valence-corrected chi connectivity index (χ4v) is 3.01. The highest BCUT2D eigenvalue weighted by Crippen LogP contribution is 2.33. The summed E-state index contributed by atoms with van der Waals surface area (Å²) in [6.45, 7) is 2.14. The van der Waals surface area contributed by atoms with Crippen LogP contribution in [0.25, 0.3) is 11.3 Å². The molecule has 0 bridgehead atoms. The van der Waals surface area contributed by atoms with Gasteiger partial charge in [0.15, 0.2) is 0 Å². The largest absolute Gasteiger partial charge is 0.507 e. The van der Waals surface area contributed by atoms with Crippen LogP contribution in [-0.2, 0) is 17.9 Å². The van der Waals surface area contributed by atoms with Gasteiger partial charge >= 0.3 is 0 Å². The van der Waals surface area contributed by atoms with Gasteiger partial charge < -0.3 is 15.2 Å². The molecule has 7 heteroatoms. The van der Waals surface area contributed by atoms with Gasteiger partial charge in [0.05, 0.1) is 23.5 Å². The Morgan fingerprint density at radius 3 is 2.92 bits per heavy atom. The molecular weight excluding hydrogens is 337 g/mol. The van der Waals surface area contributed by atoms with Gasteiger partial charge in [0.2, 0.25) is 5.91 Å². The second-order valence-electron chi connectivity index (χ2n) is 6.10. The van der Waals surface area contributed by atoms with Crippen LogP contribution in [0.4, 0.5) is 10.1 Å². The van der Waals surface area contributed by atoms with E-state index in [0.717, 1.165) is 11.3 Å². The van der Waals surface area contributed by atoms with Crippen LogP contribution in [0.1, 0.15) is 18.2 Å². The molecule has 0 radical (unpaired) electrons. The van der Waals surface area contributed by atoms with E-state index in [-0.39, 0.29) is 23.8 Å². The summed E-state index contributed by atoms with van der Waals surface area (Å²) < 4.78 is 21.7. The number of carbonyl (C=O) groups excluding carboxylic acids is 1. The predicted octanol–water partition coefficient (Wildman–Crippen LogP) is 3.29. The van der Waals surface area contributed by atoms with Crippen molar-refractivity contribution in [3.05, 3.63) is 59.5 Å². The molecule has 2 heterocycles. The number of aromatic nitrogens is 2. The Morgan fingerprint density at radius 2 is 2.15 bits per heavy atom. The minimum atomic E-state index is -0.528. The van der Waals surface area contributed by atoms with Gasteiger partial charge in [-0.1, -0.05) is 12.1 Å². The summed E-state index contributed by atoms with van der Waals surface area (Å²) in [5.41, 5.74) is 2.75. The number of anilines is 1. The van der Waals surface area contributed by atoms with Crippen molar-refractivity contribution < 1.29 is 19.0 Å². The van der Waals surface area contributed by atoms with E-state index >= 15 is 0 Å². The van der Waals surface area contributed by atoms with Crippen molar-refractivity contribution in [3.8, 4) is 22.8 Å². The molecule has 0 spiro atoms. The normalized spacial score (nSPS) is 12.5. The summed E-state index contributed by atoms with van der Waals surface area (Å²) in [5.74, 6) is -0.170. The topological polar surface area (TPSA) is 76.4 Å². The molecule has 0 fully saturated rings. The fraction of sp³-hybridized carbons (Fsp3) is 0.158.